The van der Waals surface area contributed by atoms with E-state index in [0.717, 1.165) is 37.0 Å². The number of aromatic nitrogens is 1. The fourth-order valence-corrected chi connectivity index (χ4v) is 6.97. The minimum Gasteiger partial charge on any atom is -0.463 e. The Morgan fingerprint density at radius 1 is 0.774 bits per heavy atom. The summed E-state index contributed by atoms with van der Waals surface area (Å²) in [7, 11) is 0. The molecule has 0 N–H and O–H groups in total. The molecule has 1 aliphatic heterocycles. The van der Waals surface area contributed by atoms with Crippen LogP contribution in [-0.2, 0) is 42.9 Å². The van der Waals surface area contributed by atoms with Gasteiger partial charge in [0, 0.05) is 43.3 Å². The maximum atomic E-state index is 12.5. The summed E-state index contributed by atoms with van der Waals surface area (Å²) in [6, 6.07) is 27.8. The van der Waals surface area contributed by atoms with E-state index in [1.165, 1.54) is 6.92 Å². The van der Waals surface area contributed by atoms with Gasteiger partial charge in [0.05, 0.1) is 16.9 Å². The molecule has 272 valence electrons. The first kappa shape index (κ1) is 38.8. The second kappa shape index (κ2) is 17.9. The van der Waals surface area contributed by atoms with Crippen LogP contribution in [0.15, 0.2) is 105 Å². The standard InChI is InChI=1S/C38H33BrN4O9S/c1-21(44)48-20-30-34(49-22(2)45)35(50-23(3)46)36(51-24(4)47)38(52-30)53-37-29(19-40)31(25-11-7-5-8-12-25)33(32(41-37)26-13-9-6-10-14-26)43-42-28-17-15-27(39)16-18-28/h5-18,30,34-36,38H,20H2,1-4H3/t30-,34+,35+,36-,38+/m1/s1. The van der Waals surface area contributed by atoms with Gasteiger partial charge in [-0.3, -0.25) is 19.2 Å². The number of nitrogens with zero attached hydrogens (tertiary/aromatic N) is 4. The van der Waals surface area contributed by atoms with E-state index in [1.54, 1.807) is 12.1 Å². The van der Waals surface area contributed by atoms with E-state index >= 15 is 0 Å². The molecule has 0 amide bonds. The van der Waals surface area contributed by atoms with Crippen molar-refractivity contribution in [1.29, 1.82) is 5.26 Å². The first-order valence-corrected chi connectivity index (χ1v) is 17.9. The molecule has 0 saturated carbocycles. The largest absolute Gasteiger partial charge is 0.463 e. The van der Waals surface area contributed by atoms with E-state index in [4.69, 9.17) is 28.7 Å². The van der Waals surface area contributed by atoms with Gasteiger partial charge in [-0.05, 0) is 29.8 Å². The van der Waals surface area contributed by atoms with Gasteiger partial charge in [-0.15, -0.1) is 5.11 Å². The zero-order valence-corrected chi connectivity index (χ0v) is 31.3. The molecule has 0 bridgehead atoms. The first-order chi connectivity index (χ1) is 25.4. The average molecular weight is 802 g/mol. The van der Waals surface area contributed by atoms with E-state index in [9.17, 15) is 24.4 Å². The van der Waals surface area contributed by atoms with E-state index in [0.29, 0.717) is 33.8 Å². The van der Waals surface area contributed by atoms with Crippen LogP contribution in [0.4, 0.5) is 11.4 Å². The lowest BCUT2D eigenvalue weighted by Crippen LogP contribution is -2.61. The summed E-state index contributed by atoms with van der Waals surface area (Å²) in [6.07, 6.45) is -5.33. The van der Waals surface area contributed by atoms with Crippen LogP contribution in [0.2, 0.25) is 0 Å². The number of hydrogen-bond donors (Lipinski definition) is 0. The van der Waals surface area contributed by atoms with Gasteiger partial charge >= 0.3 is 23.9 Å². The van der Waals surface area contributed by atoms with Crippen LogP contribution in [0.1, 0.15) is 33.3 Å². The molecule has 4 aromatic rings. The minimum atomic E-state index is -1.40. The SMILES string of the molecule is CC(=O)OC[C@H]1O[C@@H](Sc2nc(-c3ccccc3)c(N=Nc3ccc(Br)cc3)c(-c3ccccc3)c2C#N)[C@H](OC(C)=O)[C@@H](OC(C)=O)[C@H]1OC(C)=O. The molecule has 0 radical (unpaired) electrons. The van der Waals surface area contributed by atoms with Gasteiger partial charge in [-0.25, -0.2) is 4.98 Å². The second-order valence-corrected chi connectivity index (χ2v) is 13.6. The van der Waals surface area contributed by atoms with Gasteiger partial charge in [0.2, 0.25) is 0 Å². The van der Waals surface area contributed by atoms with Crippen molar-refractivity contribution in [3.63, 3.8) is 0 Å². The van der Waals surface area contributed by atoms with Crippen molar-refractivity contribution in [3.8, 4) is 28.5 Å². The Kier molecular flexibility index (Phi) is 13.1. The average Bonchev–Trinajstić information content (AvgIpc) is 3.13. The number of azo groups is 1. The lowest BCUT2D eigenvalue weighted by molar-refractivity contribution is -0.237. The lowest BCUT2D eigenvalue weighted by Gasteiger charge is -2.44. The van der Waals surface area contributed by atoms with Crippen LogP contribution in [0, 0.1) is 11.3 Å². The Bertz CT molecular complexity index is 2040. The molecule has 3 aromatic carbocycles. The summed E-state index contributed by atoms with van der Waals surface area (Å²) in [4.78, 5) is 54.0. The number of halogens is 1. The van der Waals surface area contributed by atoms with Crippen molar-refractivity contribution in [1.82, 2.24) is 4.98 Å². The van der Waals surface area contributed by atoms with Crippen LogP contribution in [-0.4, -0.2) is 65.3 Å². The third kappa shape index (κ3) is 9.92. The minimum absolute atomic E-state index is 0.0958. The van der Waals surface area contributed by atoms with Crippen LogP contribution in [0.5, 0.6) is 0 Å². The molecule has 1 aliphatic rings. The summed E-state index contributed by atoms with van der Waals surface area (Å²) in [5.41, 5.74) is 1.80. The number of rotatable bonds is 11. The normalized spacial score (nSPS) is 19.5. The molecule has 1 aromatic heterocycles. The zero-order valence-electron chi connectivity index (χ0n) is 28.9. The highest BCUT2D eigenvalue weighted by atomic mass is 79.9. The number of pyridine rings is 1. The van der Waals surface area contributed by atoms with Crippen molar-refractivity contribution >= 4 is 62.9 Å². The summed E-state index contributed by atoms with van der Waals surface area (Å²) < 4.78 is 29.3. The Morgan fingerprint density at radius 2 is 1.34 bits per heavy atom. The molecule has 13 nitrogen and oxygen atoms in total. The molecule has 0 aliphatic carbocycles. The molecule has 53 heavy (non-hydrogen) atoms. The summed E-state index contributed by atoms with van der Waals surface area (Å²) in [5.74, 6) is -2.92. The number of ether oxygens (including phenoxy) is 5. The Hall–Kier alpha value is -5.43. The van der Waals surface area contributed by atoms with E-state index in [-0.39, 0.29) is 10.6 Å². The number of thioether (sulfide) groups is 1. The number of esters is 4. The molecule has 2 heterocycles. The third-order valence-corrected chi connectivity index (χ3v) is 9.29. The Morgan fingerprint density at radius 3 is 1.91 bits per heavy atom. The maximum Gasteiger partial charge on any atom is 0.303 e. The molecule has 5 rings (SSSR count). The quantitative estimate of drug-likeness (QED) is 0.0825. The van der Waals surface area contributed by atoms with Crippen molar-refractivity contribution in [2.75, 3.05) is 6.61 Å². The van der Waals surface area contributed by atoms with Gasteiger partial charge < -0.3 is 23.7 Å². The molecular formula is C38H33BrN4O9S. The molecular weight excluding hydrogens is 768 g/mol. The monoisotopic (exact) mass is 800 g/mol. The fourth-order valence-electron chi connectivity index (χ4n) is 5.53. The van der Waals surface area contributed by atoms with Gasteiger partial charge in [-0.1, -0.05) is 88.4 Å². The molecule has 1 saturated heterocycles. The first-order valence-electron chi connectivity index (χ1n) is 16.2. The summed E-state index contributed by atoms with van der Waals surface area (Å²) in [5, 5.41) is 20.1. The third-order valence-electron chi connectivity index (χ3n) is 7.63. The fraction of sp³-hybridized carbons (Fsp3) is 0.263. The van der Waals surface area contributed by atoms with Crippen LogP contribution in [0.3, 0.4) is 0 Å². The predicted octanol–water partition coefficient (Wildman–Crippen LogP) is 7.64. The van der Waals surface area contributed by atoms with Gasteiger partial charge in [0.15, 0.2) is 23.7 Å². The maximum absolute atomic E-state index is 12.5. The van der Waals surface area contributed by atoms with E-state index in [2.05, 4.69) is 32.2 Å². The second-order valence-electron chi connectivity index (χ2n) is 11.6. The summed E-state index contributed by atoms with van der Waals surface area (Å²) in [6.45, 7) is 4.22. The number of nitriles is 1. The van der Waals surface area contributed by atoms with Crippen molar-refractivity contribution < 1.29 is 42.9 Å². The summed E-state index contributed by atoms with van der Waals surface area (Å²) >= 11 is 4.35. The number of hydrogen-bond acceptors (Lipinski definition) is 14. The van der Waals surface area contributed by atoms with Crippen LogP contribution < -0.4 is 0 Å². The molecule has 0 unspecified atom stereocenters. The van der Waals surface area contributed by atoms with Gasteiger partial charge in [-0.2, -0.15) is 10.4 Å². The van der Waals surface area contributed by atoms with Gasteiger partial charge in [0.25, 0.3) is 0 Å². The predicted molar refractivity (Wildman–Crippen MR) is 196 cm³/mol. The van der Waals surface area contributed by atoms with Crippen LogP contribution in [0.25, 0.3) is 22.4 Å². The van der Waals surface area contributed by atoms with E-state index in [1.807, 2.05) is 72.8 Å². The highest BCUT2D eigenvalue weighted by Gasteiger charge is 2.53. The molecule has 0 spiro atoms. The smallest absolute Gasteiger partial charge is 0.303 e. The van der Waals surface area contributed by atoms with Crippen LogP contribution >= 0.6 is 27.7 Å². The highest BCUT2D eigenvalue weighted by Crippen LogP contribution is 2.46. The topological polar surface area (TPSA) is 176 Å². The number of benzene rings is 3. The van der Waals surface area contributed by atoms with Crippen molar-refractivity contribution in [2.45, 2.75) is 62.6 Å². The highest BCUT2D eigenvalue weighted by molar-refractivity contribution is 9.10. The van der Waals surface area contributed by atoms with Crippen molar-refractivity contribution in [3.05, 3.63) is 95.0 Å². The lowest BCUT2D eigenvalue weighted by atomic mass is 9.96. The number of carbonyl (C=O) groups is 4. The van der Waals surface area contributed by atoms with Gasteiger partial charge in [0.1, 0.15) is 29.5 Å². The molecule has 1 fully saturated rings. The van der Waals surface area contributed by atoms with Crippen molar-refractivity contribution in [2.24, 2.45) is 10.2 Å². The Balaban J connectivity index is 1.74. The van der Waals surface area contributed by atoms with E-state index < -0.39 is 60.3 Å². The molecule has 5 atom stereocenters. The zero-order chi connectivity index (χ0) is 38.1. The Labute approximate surface area is 317 Å². The molecule has 15 heteroatoms. The number of carbonyl (C=O) groups excluding carboxylic acids is 4.